The maximum atomic E-state index is 13.3. The normalized spacial score (nSPS) is 15.0. The maximum absolute atomic E-state index is 13.3. The van der Waals surface area contributed by atoms with Crippen molar-refractivity contribution in [3.8, 4) is 11.5 Å². The molecule has 0 radical (unpaired) electrons. The van der Waals surface area contributed by atoms with E-state index in [1.807, 2.05) is 18.7 Å². The molecule has 0 amide bonds. The third kappa shape index (κ3) is 3.95. The van der Waals surface area contributed by atoms with Crippen molar-refractivity contribution in [3.63, 3.8) is 0 Å². The topological polar surface area (TPSA) is 85.3 Å². The number of amidine groups is 1. The van der Waals surface area contributed by atoms with E-state index in [2.05, 4.69) is 4.40 Å². The molecule has 8 heteroatoms. The zero-order valence-electron chi connectivity index (χ0n) is 17.4. The van der Waals surface area contributed by atoms with Gasteiger partial charge in [0.2, 0.25) is 5.78 Å². The number of likely N-dealkylation sites (N-methyl/N-ethyl adjacent to an activating group) is 1. The van der Waals surface area contributed by atoms with Crippen molar-refractivity contribution in [1.29, 1.82) is 0 Å². The summed E-state index contributed by atoms with van der Waals surface area (Å²) in [5, 5.41) is 0. The molecule has 0 aliphatic carbocycles. The van der Waals surface area contributed by atoms with Gasteiger partial charge in [-0.1, -0.05) is 12.1 Å². The van der Waals surface area contributed by atoms with Crippen LogP contribution >= 0.6 is 0 Å². The number of ether oxygens (including phenoxy) is 2. The molecule has 0 saturated heterocycles. The number of rotatable bonds is 7. The number of nitrogens with zero attached hydrogens (tertiary/aromatic N) is 2. The van der Waals surface area contributed by atoms with E-state index in [0.29, 0.717) is 35.7 Å². The van der Waals surface area contributed by atoms with Gasteiger partial charge in [0.15, 0.2) is 5.84 Å². The summed E-state index contributed by atoms with van der Waals surface area (Å²) in [6.45, 7) is 4.92. The number of hydrogen-bond acceptors (Lipinski definition) is 6. The van der Waals surface area contributed by atoms with Gasteiger partial charge in [-0.2, -0.15) is 8.42 Å². The summed E-state index contributed by atoms with van der Waals surface area (Å²) in [5.41, 5.74) is 1.14. The van der Waals surface area contributed by atoms with Crippen molar-refractivity contribution in [3.05, 3.63) is 64.6 Å². The molecule has 1 aliphatic rings. The number of carbonyl (C=O) groups excluding carboxylic acids is 1. The molecule has 0 fully saturated rings. The number of methoxy groups -OCH3 is 2. The number of Topliss-reactive ketones (excluding diaryl/α,β-unsaturated/α-hetero) is 1. The summed E-state index contributed by atoms with van der Waals surface area (Å²) in [5.74, 6) is 0.881. The Hall–Kier alpha value is -3.13. The van der Waals surface area contributed by atoms with Gasteiger partial charge in [-0.05, 0) is 55.8 Å². The van der Waals surface area contributed by atoms with Gasteiger partial charge in [0.05, 0.1) is 14.2 Å². The third-order valence-corrected chi connectivity index (χ3v) is 6.23. The van der Waals surface area contributed by atoms with Crippen LogP contribution < -0.4 is 9.47 Å². The molecule has 30 heavy (non-hydrogen) atoms. The van der Waals surface area contributed by atoms with Crippen molar-refractivity contribution in [2.45, 2.75) is 13.8 Å². The van der Waals surface area contributed by atoms with E-state index < -0.39 is 15.8 Å². The highest BCUT2D eigenvalue weighted by molar-refractivity contribution is 7.96. The van der Waals surface area contributed by atoms with Crippen LogP contribution in [0.1, 0.15) is 29.8 Å². The van der Waals surface area contributed by atoms with Crippen molar-refractivity contribution >= 4 is 27.2 Å². The molecular weight excluding hydrogens is 404 g/mol. The van der Waals surface area contributed by atoms with Crippen molar-refractivity contribution in [1.82, 2.24) is 4.90 Å². The molecule has 0 aromatic heterocycles. The monoisotopic (exact) mass is 428 g/mol. The van der Waals surface area contributed by atoms with Crippen LogP contribution in [0.2, 0.25) is 0 Å². The third-order valence-electron chi connectivity index (χ3n) is 4.92. The predicted octanol–water partition coefficient (Wildman–Crippen LogP) is 3.38. The average molecular weight is 429 g/mol. The van der Waals surface area contributed by atoms with E-state index in [9.17, 15) is 13.2 Å². The molecule has 3 rings (SSSR count). The van der Waals surface area contributed by atoms with Gasteiger partial charge in [0.1, 0.15) is 16.4 Å². The fourth-order valence-electron chi connectivity index (χ4n) is 3.30. The zero-order valence-corrected chi connectivity index (χ0v) is 18.2. The number of allylic oxidation sites excluding steroid dienone is 1. The molecule has 0 saturated carbocycles. The fourth-order valence-corrected chi connectivity index (χ4v) is 4.64. The lowest BCUT2D eigenvalue weighted by Crippen LogP contribution is -2.30. The first-order chi connectivity index (χ1) is 14.4. The van der Waals surface area contributed by atoms with Gasteiger partial charge in [-0.25, -0.2) is 0 Å². The Morgan fingerprint density at radius 2 is 1.40 bits per heavy atom. The van der Waals surface area contributed by atoms with Gasteiger partial charge in [0.25, 0.3) is 10.0 Å². The fraction of sp³-hybridized carbons (Fsp3) is 0.273. The Bertz CT molecular complexity index is 1100. The molecule has 1 aliphatic heterocycles. The second-order valence-electron chi connectivity index (χ2n) is 6.55. The van der Waals surface area contributed by atoms with E-state index in [1.165, 1.54) is 7.11 Å². The number of ketones is 1. The number of hydrogen-bond donors (Lipinski definition) is 0. The molecule has 1 heterocycles. The van der Waals surface area contributed by atoms with Crippen LogP contribution in [0, 0.1) is 0 Å². The van der Waals surface area contributed by atoms with Gasteiger partial charge < -0.3 is 14.4 Å². The highest BCUT2D eigenvalue weighted by atomic mass is 32.2. The van der Waals surface area contributed by atoms with Crippen molar-refractivity contribution < 1.29 is 22.7 Å². The van der Waals surface area contributed by atoms with E-state index >= 15 is 0 Å². The number of benzene rings is 2. The summed E-state index contributed by atoms with van der Waals surface area (Å²) >= 11 is 0. The van der Waals surface area contributed by atoms with Crippen LogP contribution in [0.5, 0.6) is 11.5 Å². The number of carbonyl (C=O) groups is 1. The quantitative estimate of drug-likeness (QED) is 0.629. The summed E-state index contributed by atoms with van der Waals surface area (Å²) in [4.78, 5) is 14.8. The Morgan fingerprint density at radius 1 is 0.900 bits per heavy atom. The lowest BCUT2D eigenvalue weighted by atomic mass is 9.99. The van der Waals surface area contributed by atoms with Crippen LogP contribution in [0.15, 0.2) is 57.8 Å². The largest absolute Gasteiger partial charge is 0.497 e. The first kappa shape index (κ1) is 21.6. The lowest BCUT2D eigenvalue weighted by Gasteiger charge is -2.22. The Balaban J connectivity index is 2.22. The van der Waals surface area contributed by atoms with Gasteiger partial charge >= 0.3 is 0 Å². The molecule has 2 aromatic carbocycles. The summed E-state index contributed by atoms with van der Waals surface area (Å²) in [6.07, 6.45) is 0. The zero-order chi connectivity index (χ0) is 21.9. The van der Waals surface area contributed by atoms with E-state index in [1.54, 1.807) is 55.6 Å². The van der Waals surface area contributed by atoms with Crippen LogP contribution in [0.4, 0.5) is 0 Å². The standard InChI is InChI=1S/C22H24N2O5S/c1-5-24(6-2)22-19(15-7-11-17(28-3)12-8-15)21(30(26,27)23-22)20(25)16-9-13-18(29-4)14-10-16/h7-14H,5-6H2,1-4H3. The van der Waals surface area contributed by atoms with E-state index in [-0.39, 0.29) is 16.3 Å². The van der Waals surface area contributed by atoms with Crippen LogP contribution in [0.3, 0.4) is 0 Å². The molecule has 7 nitrogen and oxygen atoms in total. The van der Waals surface area contributed by atoms with Crippen molar-refractivity contribution in [2.24, 2.45) is 4.40 Å². The Morgan fingerprint density at radius 3 is 1.87 bits per heavy atom. The first-order valence-corrected chi connectivity index (χ1v) is 11.0. The summed E-state index contributed by atoms with van der Waals surface area (Å²) < 4.78 is 40.3. The molecule has 0 N–H and O–H groups in total. The minimum absolute atomic E-state index is 0.247. The second kappa shape index (κ2) is 8.71. The molecule has 0 spiro atoms. The van der Waals surface area contributed by atoms with Gasteiger partial charge in [0, 0.05) is 24.2 Å². The molecule has 158 valence electrons. The minimum atomic E-state index is -4.16. The van der Waals surface area contributed by atoms with E-state index in [0.717, 1.165) is 0 Å². The highest BCUT2D eigenvalue weighted by Gasteiger charge is 2.39. The van der Waals surface area contributed by atoms with Crippen molar-refractivity contribution in [2.75, 3.05) is 27.3 Å². The average Bonchev–Trinajstić information content (AvgIpc) is 3.05. The maximum Gasteiger partial charge on any atom is 0.288 e. The minimum Gasteiger partial charge on any atom is -0.497 e. The Kier molecular flexibility index (Phi) is 6.26. The molecular formula is C22H24N2O5S. The highest BCUT2D eigenvalue weighted by Crippen LogP contribution is 2.36. The lowest BCUT2D eigenvalue weighted by molar-refractivity contribution is 0.104. The summed E-state index contributed by atoms with van der Waals surface area (Å²) in [7, 11) is -1.09. The van der Waals surface area contributed by atoms with E-state index in [4.69, 9.17) is 9.47 Å². The van der Waals surface area contributed by atoms with Gasteiger partial charge in [-0.15, -0.1) is 4.40 Å². The molecule has 0 unspecified atom stereocenters. The SMILES string of the molecule is CCN(CC)C1=NS(=O)(=O)C(C(=O)c2ccc(OC)cc2)=C1c1ccc(OC)cc1. The predicted molar refractivity (Wildman–Crippen MR) is 117 cm³/mol. The molecule has 0 bridgehead atoms. The first-order valence-electron chi connectivity index (χ1n) is 9.54. The molecule has 0 atom stereocenters. The number of sulfonamides is 1. The van der Waals surface area contributed by atoms with Crippen LogP contribution in [-0.4, -0.2) is 52.2 Å². The summed E-state index contributed by atoms with van der Waals surface area (Å²) in [6, 6.07) is 13.2. The van der Waals surface area contributed by atoms with Crippen LogP contribution in [-0.2, 0) is 10.0 Å². The van der Waals surface area contributed by atoms with Gasteiger partial charge in [-0.3, -0.25) is 4.79 Å². The smallest absolute Gasteiger partial charge is 0.288 e. The van der Waals surface area contributed by atoms with Crippen LogP contribution in [0.25, 0.3) is 5.57 Å². The molecule has 2 aromatic rings. The second-order valence-corrected chi connectivity index (χ2v) is 8.09. The Labute approximate surface area is 176 Å².